The van der Waals surface area contributed by atoms with Crippen molar-refractivity contribution in [2.75, 3.05) is 11.4 Å². The second-order valence-corrected chi connectivity index (χ2v) is 7.20. The first-order valence-corrected chi connectivity index (χ1v) is 9.33. The first-order chi connectivity index (χ1) is 12.2. The summed E-state index contributed by atoms with van der Waals surface area (Å²) in [5.41, 5.74) is 4.38. The Morgan fingerprint density at radius 2 is 1.84 bits per heavy atom. The van der Waals surface area contributed by atoms with Crippen molar-refractivity contribution in [3.05, 3.63) is 71.3 Å². The number of amides is 1. The van der Waals surface area contributed by atoms with Crippen molar-refractivity contribution < 1.29 is 4.79 Å². The molecule has 0 aromatic heterocycles. The predicted octanol–water partition coefficient (Wildman–Crippen LogP) is 4.93. The van der Waals surface area contributed by atoms with Crippen LogP contribution >= 0.6 is 11.9 Å². The third-order valence-electron chi connectivity index (χ3n) is 4.64. The quantitative estimate of drug-likeness (QED) is 0.664. The van der Waals surface area contributed by atoms with E-state index in [0.29, 0.717) is 6.54 Å². The van der Waals surface area contributed by atoms with E-state index in [0.717, 1.165) is 33.5 Å². The lowest BCUT2D eigenvalue weighted by Crippen LogP contribution is -2.25. The van der Waals surface area contributed by atoms with E-state index in [1.807, 2.05) is 24.0 Å². The number of anilines is 1. The van der Waals surface area contributed by atoms with Gasteiger partial charge in [-0.25, -0.2) is 0 Å². The van der Waals surface area contributed by atoms with E-state index in [1.54, 1.807) is 11.9 Å². The molecule has 0 spiro atoms. The van der Waals surface area contributed by atoms with Crippen LogP contribution in [0.25, 0.3) is 10.8 Å². The highest BCUT2D eigenvalue weighted by Crippen LogP contribution is 2.40. The van der Waals surface area contributed by atoms with Gasteiger partial charge in [-0.2, -0.15) is 0 Å². The largest absolute Gasteiger partial charge is 0.308 e. The Kier molecular flexibility index (Phi) is 4.24. The first-order valence-electron chi connectivity index (χ1n) is 8.52. The number of hydrogen-bond acceptors (Lipinski definition) is 3. The van der Waals surface area contributed by atoms with Crippen LogP contribution in [0.4, 0.5) is 5.69 Å². The molecule has 1 N–H and O–H groups in total. The lowest BCUT2D eigenvalue weighted by atomic mass is 10.1. The highest BCUT2D eigenvalue weighted by atomic mass is 32.2. The molecule has 3 aromatic rings. The molecular formula is C21H20N2OS. The SMILES string of the molecule is CCN1C(=O)c2cccc3c(SNCc4ccc(C)cc4)ccc1c23. The van der Waals surface area contributed by atoms with Crippen molar-refractivity contribution in [2.45, 2.75) is 25.3 Å². The van der Waals surface area contributed by atoms with E-state index in [-0.39, 0.29) is 5.91 Å². The number of hydrogen-bond donors (Lipinski definition) is 1. The Bertz CT molecular complexity index is 950. The monoisotopic (exact) mass is 348 g/mol. The van der Waals surface area contributed by atoms with E-state index < -0.39 is 0 Å². The average Bonchev–Trinajstić information content (AvgIpc) is 2.92. The van der Waals surface area contributed by atoms with Gasteiger partial charge in [0.15, 0.2) is 0 Å². The van der Waals surface area contributed by atoms with Crippen LogP contribution in [-0.4, -0.2) is 12.5 Å². The molecule has 25 heavy (non-hydrogen) atoms. The molecule has 1 aliphatic heterocycles. The summed E-state index contributed by atoms with van der Waals surface area (Å²) in [5, 5.41) is 2.22. The molecule has 1 aliphatic rings. The molecule has 0 fully saturated rings. The zero-order valence-corrected chi connectivity index (χ0v) is 15.2. The number of nitrogens with one attached hydrogen (secondary N) is 1. The molecule has 4 rings (SSSR count). The summed E-state index contributed by atoms with van der Waals surface area (Å²) in [4.78, 5) is 15.6. The van der Waals surface area contributed by atoms with Gasteiger partial charge in [-0.3, -0.25) is 9.52 Å². The molecule has 126 valence electrons. The number of rotatable bonds is 5. The van der Waals surface area contributed by atoms with Crippen LogP contribution in [0.3, 0.4) is 0 Å². The first kappa shape index (κ1) is 16.2. The Hall–Kier alpha value is -2.30. The lowest BCUT2D eigenvalue weighted by Gasteiger charge is -2.15. The molecule has 0 unspecified atom stereocenters. The minimum absolute atomic E-state index is 0.109. The summed E-state index contributed by atoms with van der Waals surface area (Å²) < 4.78 is 3.44. The summed E-state index contributed by atoms with van der Waals surface area (Å²) >= 11 is 1.62. The van der Waals surface area contributed by atoms with Gasteiger partial charge in [0.2, 0.25) is 0 Å². The predicted molar refractivity (Wildman–Crippen MR) is 105 cm³/mol. The molecule has 0 radical (unpaired) electrons. The van der Waals surface area contributed by atoms with Crippen LogP contribution in [0, 0.1) is 6.92 Å². The van der Waals surface area contributed by atoms with Gasteiger partial charge in [-0.1, -0.05) is 42.0 Å². The van der Waals surface area contributed by atoms with E-state index in [9.17, 15) is 4.79 Å². The Balaban J connectivity index is 1.60. The second kappa shape index (κ2) is 6.54. The smallest absolute Gasteiger partial charge is 0.258 e. The molecule has 0 saturated carbocycles. The zero-order chi connectivity index (χ0) is 17.4. The number of aryl methyl sites for hydroxylation is 1. The van der Waals surface area contributed by atoms with Gasteiger partial charge in [0.1, 0.15) is 0 Å². The van der Waals surface area contributed by atoms with Gasteiger partial charge in [0.25, 0.3) is 5.91 Å². The maximum Gasteiger partial charge on any atom is 0.258 e. The molecule has 3 nitrogen and oxygen atoms in total. The number of nitrogens with zero attached hydrogens (tertiary/aromatic N) is 1. The average molecular weight is 348 g/mol. The number of benzene rings is 3. The van der Waals surface area contributed by atoms with Gasteiger partial charge in [-0.15, -0.1) is 0 Å². The Labute approximate surface area is 152 Å². The van der Waals surface area contributed by atoms with Gasteiger partial charge >= 0.3 is 0 Å². The van der Waals surface area contributed by atoms with Crippen molar-refractivity contribution in [3.8, 4) is 0 Å². The summed E-state index contributed by atoms with van der Waals surface area (Å²) in [6, 6.07) is 18.7. The zero-order valence-electron chi connectivity index (χ0n) is 14.4. The molecular weight excluding hydrogens is 328 g/mol. The molecule has 0 saturated heterocycles. The van der Waals surface area contributed by atoms with E-state index in [1.165, 1.54) is 11.1 Å². The lowest BCUT2D eigenvalue weighted by molar-refractivity contribution is 0.0994. The van der Waals surface area contributed by atoms with Crippen LogP contribution in [0.5, 0.6) is 0 Å². The van der Waals surface area contributed by atoms with Gasteiger partial charge < -0.3 is 4.90 Å². The Morgan fingerprint density at radius 1 is 1.04 bits per heavy atom. The number of carbonyl (C=O) groups excluding carboxylic acids is 1. The van der Waals surface area contributed by atoms with E-state index in [2.05, 4.69) is 54.1 Å². The van der Waals surface area contributed by atoms with Crippen LogP contribution in [0.2, 0.25) is 0 Å². The molecule has 0 bridgehead atoms. The van der Waals surface area contributed by atoms with Gasteiger partial charge in [-0.05, 0) is 54.9 Å². The normalized spacial score (nSPS) is 13.0. The van der Waals surface area contributed by atoms with Gasteiger partial charge in [0, 0.05) is 28.9 Å². The number of carbonyl (C=O) groups is 1. The van der Waals surface area contributed by atoms with Crippen molar-refractivity contribution in [2.24, 2.45) is 0 Å². The fourth-order valence-electron chi connectivity index (χ4n) is 3.33. The fourth-order valence-corrected chi connectivity index (χ4v) is 4.14. The van der Waals surface area contributed by atoms with Crippen LogP contribution in [-0.2, 0) is 6.54 Å². The van der Waals surface area contributed by atoms with Crippen LogP contribution in [0.1, 0.15) is 28.4 Å². The fraction of sp³-hybridized carbons (Fsp3) is 0.190. The molecule has 1 heterocycles. The second-order valence-electron chi connectivity index (χ2n) is 6.27. The summed E-state index contributed by atoms with van der Waals surface area (Å²) in [6.45, 7) is 5.61. The summed E-state index contributed by atoms with van der Waals surface area (Å²) in [5.74, 6) is 0.109. The third kappa shape index (κ3) is 2.81. The standard InChI is InChI=1S/C21H20N2OS/c1-3-23-18-11-12-19(16-5-4-6-17(20(16)18)21(23)24)25-22-13-15-9-7-14(2)8-10-15/h4-12,22H,3,13H2,1-2H3. The van der Waals surface area contributed by atoms with Crippen LogP contribution < -0.4 is 9.62 Å². The minimum atomic E-state index is 0.109. The maximum atomic E-state index is 12.5. The molecule has 0 atom stereocenters. The minimum Gasteiger partial charge on any atom is -0.308 e. The molecule has 3 aromatic carbocycles. The molecule has 4 heteroatoms. The maximum absolute atomic E-state index is 12.5. The van der Waals surface area contributed by atoms with Crippen molar-refractivity contribution in [1.29, 1.82) is 0 Å². The van der Waals surface area contributed by atoms with E-state index in [4.69, 9.17) is 0 Å². The highest BCUT2D eigenvalue weighted by molar-refractivity contribution is 7.97. The highest BCUT2D eigenvalue weighted by Gasteiger charge is 2.29. The topological polar surface area (TPSA) is 32.3 Å². The molecule has 1 amide bonds. The van der Waals surface area contributed by atoms with E-state index >= 15 is 0 Å². The Morgan fingerprint density at radius 3 is 2.60 bits per heavy atom. The van der Waals surface area contributed by atoms with Crippen molar-refractivity contribution in [3.63, 3.8) is 0 Å². The third-order valence-corrected chi connectivity index (χ3v) is 5.50. The molecule has 0 aliphatic carbocycles. The summed E-state index contributed by atoms with van der Waals surface area (Å²) in [7, 11) is 0. The van der Waals surface area contributed by atoms with Crippen molar-refractivity contribution in [1.82, 2.24) is 4.72 Å². The summed E-state index contributed by atoms with van der Waals surface area (Å²) in [6.07, 6.45) is 0. The van der Waals surface area contributed by atoms with Gasteiger partial charge in [0.05, 0.1) is 5.69 Å². The van der Waals surface area contributed by atoms with Crippen LogP contribution in [0.15, 0.2) is 59.5 Å². The van der Waals surface area contributed by atoms with Crippen molar-refractivity contribution >= 4 is 34.3 Å².